The summed E-state index contributed by atoms with van der Waals surface area (Å²) in [5, 5.41) is 11.8. The third-order valence-electron chi connectivity index (χ3n) is 2.46. The number of carbonyl (C=O) groups excluding carboxylic acids is 1. The van der Waals surface area contributed by atoms with Crippen molar-refractivity contribution in [2.75, 3.05) is 5.32 Å². The minimum Gasteiger partial charge on any atom is -0.508 e. The molecule has 0 unspecified atom stereocenters. The third-order valence-corrected chi connectivity index (χ3v) is 2.46. The number of phenolic OH excluding ortho intramolecular Hbond substituents is 1. The summed E-state index contributed by atoms with van der Waals surface area (Å²) in [5.41, 5.74) is -0.415. The average Bonchev–Trinajstić information content (AvgIpc) is 2.31. The molecule has 0 saturated carbocycles. The SMILES string of the molecule is Cc1cc(O)ccc1NC(=O)c1cc(=O)[nH]c(=O)[nH]1. The average molecular weight is 261 g/mol. The second-order valence-corrected chi connectivity index (χ2v) is 3.95. The highest BCUT2D eigenvalue weighted by Crippen LogP contribution is 2.20. The first-order chi connectivity index (χ1) is 8.95. The Hall–Kier alpha value is -2.83. The number of carbonyl (C=O) groups is 1. The van der Waals surface area contributed by atoms with Gasteiger partial charge in [-0.1, -0.05) is 0 Å². The van der Waals surface area contributed by atoms with Gasteiger partial charge in [0.1, 0.15) is 11.4 Å². The van der Waals surface area contributed by atoms with Crippen LogP contribution in [0.1, 0.15) is 16.1 Å². The first-order valence-corrected chi connectivity index (χ1v) is 5.40. The Labute approximate surface area is 106 Å². The van der Waals surface area contributed by atoms with Gasteiger partial charge in [-0.05, 0) is 30.7 Å². The lowest BCUT2D eigenvalue weighted by Crippen LogP contribution is -2.27. The fourth-order valence-electron chi connectivity index (χ4n) is 1.57. The Balaban J connectivity index is 2.30. The van der Waals surface area contributed by atoms with Crippen molar-refractivity contribution in [3.63, 3.8) is 0 Å². The maximum absolute atomic E-state index is 11.9. The molecule has 19 heavy (non-hydrogen) atoms. The van der Waals surface area contributed by atoms with Gasteiger partial charge in [-0.2, -0.15) is 0 Å². The van der Waals surface area contributed by atoms with Gasteiger partial charge in [0.2, 0.25) is 0 Å². The smallest absolute Gasteiger partial charge is 0.326 e. The van der Waals surface area contributed by atoms with Crippen LogP contribution in [0.15, 0.2) is 33.9 Å². The summed E-state index contributed by atoms with van der Waals surface area (Å²) in [7, 11) is 0. The number of benzene rings is 1. The molecule has 0 aliphatic carbocycles. The van der Waals surface area contributed by atoms with E-state index < -0.39 is 17.2 Å². The molecule has 4 N–H and O–H groups in total. The second kappa shape index (κ2) is 4.81. The van der Waals surface area contributed by atoms with E-state index in [0.717, 1.165) is 6.07 Å². The minimum atomic E-state index is -0.750. The minimum absolute atomic E-state index is 0.0834. The largest absolute Gasteiger partial charge is 0.508 e. The highest BCUT2D eigenvalue weighted by Gasteiger charge is 2.10. The van der Waals surface area contributed by atoms with Crippen LogP contribution in [-0.2, 0) is 0 Å². The number of hydrogen-bond donors (Lipinski definition) is 4. The Morgan fingerprint density at radius 1 is 1.21 bits per heavy atom. The van der Waals surface area contributed by atoms with Gasteiger partial charge in [0.15, 0.2) is 0 Å². The third kappa shape index (κ3) is 2.89. The summed E-state index contributed by atoms with van der Waals surface area (Å²) >= 11 is 0. The van der Waals surface area contributed by atoms with Crippen molar-refractivity contribution in [2.45, 2.75) is 6.92 Å². The van der Waals surface area contributed by atoms with Crippen molar-refractivity contribution in [1.29, 1.82) is 0 Å². The number of aromatic hydroxyl groups is 1. The predicted octanol–water partition coefficient (Wildman–Crippen LogP) is 0.330. The molecule has 0 aliphatic rings. The zero-order chi connectivity index (χ0) is 14.0. The van der Waals surface area contributed by atoms with Crippen LogP contribution < -0.4 is 16.6 Å². The Morgan fingerprint density at radius 3 is 2.58 bits per heavy atom. The van der Waals surface area contributed by atoms with Crippen molar-refractivity contribution >= 4 is 11.6 Å². The molecule has 0 atom stereocenters. The quantitative estimate of drug-likeness (QED) is 0.583. The van der Waals surface area contributed by atoms with E-state index in [-0.39, 0.29) is 11.4 Å². The standard InChI is InChI=1S/C12H11N3O4/c1-6-4-7(16)2-3-8(6)13-11(18)9-5-10(17)15-12(19)14-9/h2-5,16H,1H3,(H,13,18)(H2,14,15,17,19). The van der Waals surface area contributed by atoms with Crippen LogP contribution in [0.4, 0.5) is 5.69 Å². The molecule has 7 nitrogen and oxygen atoms in total. The highest BCUT2D eigenvalue weighted by atomic mass is 16.3. The Morgan fingerprint density at radius 2 is 1.95 bits per heavy atom. The molecular weight excluding hydrogens is 250 g/mol. The number of aryl methyl sites for hydroxylation is 1. The molecule has 1 aromatic heterocycles. The molecule has 2 aromatic rings. The van der Waals surface area contributed by atoms with Gasteiger partial charge >= 0.3 is 5.69 Å². The van der Waals surface area contributed by atoms with E-state index in [9.17, 15) is 19.5 Å². The first-order valence-electron chi connectivity index (χ1n) is 5.40. The summed E-state index contributed by atoms with van der Waals surface area (Å²) in [4.78, 5) is 38.2. The second-order valence-electron chi connectivity index (χ2n) is 3.95. The van der Waals surface area contributed by atoms with E-state index in [1.165, 1.54) is 18.2 Å². The van der Waals surface area contributed by atoms with Crippen LogP contribution in [0.5, 0.6) is 5.75 Å². The molecule has 0 saturated heterocycles. The van der Waals surface area contributed by atoms with Crippen LogP contribution in [0.3, 0.4) is 0 Å². The fourth-order valence-corrected chi connectivity index (χ4v) is 1.57. The Bertz CT molecular complexity index is 717. The van der Waals surface area contributed by atoms with Crippen LogP contribution in [0, 0.1) is 6.92 Å². The van der Waals surface area contributed by atoms with Crippen molar-refractivity contribution < 1.29 is 9.90 Å². The summed E-state index contributed by atoms with van der Waals surface area (Å²) in [6.07, 6.45) is 0. The molecule has 2 rings (SSSR count). The van der Waals surface area contributed by atoms with Gasteiger partial charge in [-0.15, -0.1) is 0 Å². The topological polar surface area (TPSA) is 115 Å². The van der Waals surface area contributed by atoms with E-state index in [1.807, 2.05) is 4.98 Å². The molecule has 0 fully saturated rings. The highest BCUT2D eigenvalue weighted by molar-refractivity contribution is 6.03. The lowest BCUT2D eigenvalue weighted by Gasteiger charge is -2.08. The molecule has 0 radical (unpaired) electrons. The molecule has 0 aliphatic heterocycles. The summed E-state index contributed by atoms with van der Waals surface area (Å²) in [5.74, 6) is -0.531. The van der Waals surface area contributed by atoms with Gasteiger partial charge in [0.25, 0.3) is 11.5 Å². The van der Waals surface area contributed by atoms with E-state index in [1.54, 1.807) is 6.92 Å². The number of phenols is 1. The number of aromatic amines is 2. The lowest BCUT2D eigenvalue weighted by molar-refractivity contribution is 0.102. The molecular formula is C12H11N3O4. The first kappa shape index (κ1) is 12.6. The normalized spacial score (nSPS) is 10.2. The van der Waals surface area contributed by atoms with Crippen molar-refractivity contribution in [2.24, 2.45) is 0 Å². The number of hydrogen-bond acceptors (Lipinski definition) is 4. The Kier molecular flexibility index (Phi) is 3.19. The summed E-state index contributed by atoms with van der Waals surface area (Å²) in [6.45, 7) is 1.70. The van der Waals surface area contributed by atoms with Crippen molar-refractivity contribution in [3.8, 4) is 5.75 Å². The molecule has 7 heteroatoms. The van der Waals surface area contributed by atoms with E-state index in [2.05, 4.69) is 10.3 Å². The molecule has 1 aromatic carbocycles. The lowest BCUT2D eigenvalue weighted by atomic mass is 10.2. The van der Waals surface area contributed by atoms with E-state index >= 15 is 0 Å². The van der Waals surface area contributed by atoms with Gasteiger partial charge < -0.3 is 15.4 Å². The summed E-state index contributed by atoms with van der Waals surface area (Å²) < 4.78 is 0. The monoisotopic (exact) mass is 261 g/mol. The molecule has 0 bridgehead atoms. The zero-order valence-corrected chi connectivity index (χ0v) is 9.98. The number of nitrogens with one attached hydrogen (secondary N) is 3. The van der Waals surface area contributed by atoms with Crippen LogP contribution in [-0.4, -0.2) is 21.0 Å². The van der Waals surface area contributed by atoms with Crippen LogP contribution >= 0.6 is 0 Å². The maximum Gasteiger partial charge on any atom is 0.326 e. The molecule has 98 valence electrons. The molecule has 1 amide bonds. The van der Waals surface area contributed by atoms with Gasteiger partial charge in [0.05, 0.1) is 0 Å². The predicted molar refractivity (Wildman–Crippen MR) is 68.5 cm³/mol. The summed E-state index contributed by atoms with van der Waals surface area (Å²) in [6, 6.07) is 5.42. The van der Waals surface area contributed by atoms with Gasteiger partial charge in [0, 0.05) is 11.8 Å². The maximum atomic E-state index is 11.9. The van der Waals surface area contributed by atoms with Crippen LogP contribution in [0.2, 0.25) is 0 Å². The van der Waals surface area contributed by atoms with E-state index in [0.29, 0.717) is 11.3 Å². The molecule has 1 heterocycles. The number of rotatable bonds is 2. The van der Waals surface area contributed by atoms with Crippen LogP contribution in [0.25, 0.3) is 0 Å². The van der Waals surface area contributed by atoms with Crippen molar-refractivity contribution in [1.82, 2.24) is 9.97 Å². The fraction of sp³-hybridized carbons (Fsp3) is 0.0833. The van der Waals surface area contributed by atoms with Crippen molar-refractivity contribution in [3.05, 3.63) is 56.4 Å². The number of H-pyrrole nitrogens is 2. The number of anilines is 1. The molecule has 0 spiro atoms. The zero-order valence-electron chi connectivity index (χ0n) is 9.98. The van der Waals surface area contributed by atoms with Gasteiger partial charge in [-0.25, -0.2) is 4.79 Å². The number of amides is 1. The van der Waals surface area contributed by atoms with Gasteiger partial charge in [-0.3, -0.25) is 14.6 Å². The van der Waals surface area contributed by atoms with E-state index in [4.69, 9.17) is 0 Å². The number of aromatic nitrogens is 2.